The molecular formula is C15H21N3O. The Kier molecular flexibility index (Phi) is 3.62. The summed E-state index contributed by atoms with van der Waals surface area (Å²) in [4.78, 5) is 15.4. The van der Waals surface area contributed by atoms with Crippen molar-refractivity contribution in [2.45, 2.75) is 26.3 Å². The second-order valence-electron chi connectivity index (χ2n) is 5.51. The van der Waals surface area contributed by atoms with E-state index < -0.39 is 0 Å². The molecule has 2 rings (SSSR count). The van der Waals surface area contributed by atoms with Crippen LogP contribution in [0.25, 0.3) is 10.9 Å². The van der Waals surface area contributed by atoms with Gasteiger partial charge in [-0.15, -0.1) is 0 Å². The van der Waals surface area contributed by atoms with Crippen LogP contribution in [0, 0.1) is 5.92 Å². The smallest absolute Gasteiger partial charge is 0.251 e. The molecule has 0 saturated carbocycles. The highest BCUT2D eigenvalue weighted by Crippen LogP contribution is 2.18. The Morgan fingerprint density at radius 1 is 1.42 bits per heavy atom. The number of carbonyl (C=O) groups is 1. The lowest BCUT2D eigenvalue weighted by molar-refractivity contribution is 0.0883. The summed E-state index contributed by atoms with van der Waals surface area (Å²) in [6, 6.07) is 7.58. The van der Waals surface area contributed by atoms with E-state index in [1.807, 2.05) is 37.4 Å². The summed E-state index contributed by atoms with van der Waals surface area (Å²) >= 11 is 0. The fourth-order valence-corrected chi connectivity index (χ4v) is 1.96. The lowest BCUT2D eigenvalue weighted by Crippen LogP contribution is -2.55. The van der Waals surface area contributed by atoms with Gasteiger partial charge in [0.15, 0.2) is 0 Å². The molecule has 4 nitrogen and oxygen atoms in total. The third-order valence-corrected chi connectivity index (χ3v) is 3.91. The van der Waals surface area contributed by atoms with Crippen molar-refractivity contribution >= 4 is 16.8 Å². The molecule has 0 fully saturated rings. The number of hydrogen-bond donors (Lipinski definition) is 3. The number of benzene rings is 1. The van der Waals surface area contributed by atoms with Crippen LogP contribution < -0.4 is 11.1 Å². The minimum atomic E-state index is -0.385. The van der Waals surface area contributed by atoms with E-state index in [0.29, 0.717) is 12.1 Å². The van der Waals surface area contributed by atoms with Gasteiger partial charge < -0.3 is 16.0 Å². The number of hydrogen-bond acceptors (Lipinski definition) is 2. The van der Waals surface area contributed by atoms with Crippen molar-refractivity contribution in [2.75, 3.05) is 6.54 Å². The standard InChI is InChI=1S/C15H21N3O/c1-10(2)15(3,9-16)18-14(19)12-4-5-13-11(8-12)6-7-17-13/h4-8,10,17H,9,16H2,1-3H3,(H,18,19). The first kappa shape index (κ1) is 13.6. The van der Waals surface area contributed by atoms with Gasteiger partial charge in [0, 0.05) is 29.2 Å². The molecule has 1 unspecified atom stereocenters. The van der Waals surface area contributed by atoms with E-state index in [0.717, 1.165) is 10.9 Å². The highest BCUT2D eigenvalue weighted by atomic mass is 16.1. The van der Waals surface area contributed by atoms with Crippen LogP contribution in [0.15, 0.2) is 30.5 Å². The SMILES string of the molecule is CC(C)C(C)(CN)NC(=O)c1ccc2[nH]ccc2c1. The van der Waals surface area contributed by atoms with Crippen molar-refractivity contribution in [3.63, 3.8) is 0 Å². The molecule has 2 aromatic rings. The number of rotatable bonds is 4. The maximum Gasteiger partial charge on any atom is 0.251 e. The number of H-pyrrole nitrogens is 1. The lowest BCUT2D eigenvalue weighted by atomic mass is 9.88. The average molecular weight is 259 g/mol. The van der Waals surface area contributed by atoms with E-state index >= 15 is 0 Å². The molecule has 1 aromatic carbocycles. The highest BCUT2D eigenvalue weighted by Gasteiger charge is 2.28. The summed E-state index contributed by atoms with van der Waals surface area (Å²) in [7, 11) is 0. The van der Waals surface area contributed by atoms with E-state index in [1.54, 1.807) is 0 Å². The van der Waals surface area contributed by atoms with Crippen LogP contribution in [-0.2, 0) is 0 Å². The Morgan fingerprint density at radius 3 is 2.79 bits per heavy atom. The Balaban J connectivity index is 2.23. The molecule has 19 heavy (non-hydrogen) atoms. The Morgan fingerprint density at radius 2 is 2.16 bits per heavy atom. The first-order chi connectivity index (χ1) is 8.96. The van der Waals surface area contributed by atoms with Crippen molar-refractivity contribution < 1.29 is 4.79 Å². The van der Waals surface area contributed by atoms with Crippen LogP contribution in [0.1, 0.15) is 31.1 Å². The minimum Gasteiger partial charge on any atom is -0.361 e. The normalized spacial score (nSPS) is 14.6. The average Bonchev–Trinajstić information content (AvgIpc) is 2.85. The zero-order valence-electron chi connectivity index (χ0n) is 11.7. The molecule has 0 spiro atoms. The van der Waals surface area contributed by atoms with Crippen molar-refractivity contribution in [3.05, 3.63) is 36.0 Å². The number of nitrogens with one attached hydrogen (secondary N) is 2. The molecule has 0 radical (unpaired) electrons. The van der Waals surface area contributed by atoms with Gasteiger partial charge in [-0.05, 0) is 37.1 Å². The van der Waals surface area contributed by atoms with Crippen molar-refractivity contribution in [2.24, 2.45) is 11.7 Å². The van der Waals surface area contributed by atoms with Gasteiger partial charge in [-0.2, -0.15) is 0 Å². The highest BCUT2D eigenvalue weighted by molar-refractivity contribution is 5.98. The summed E-state index contributed by atoms with van der Waals surface area (Å²) in [6.07, 6.45) is 1.87. The van der Waals surface area contributed by atoms with Gasteiger partial charge in [-0.3, -0.25) is 4.79 Å². The van der Waals surface area contributed by atoms with Crippen LogP contribution in [0.3, 0.4) is 0 Å². The largest absolute Gasteiger partial charge is 0.361 e. The molecule has 102 valence electrons. The molecule has 1 atom stereocenters. The second kappa shape index (κ2) is 5.05. The van der Waals surface area contributed by atoms with Gasteiger partial charge >= 0.3 is 0 Å². The Labute approximate surface area is 113 Å². The number of fused-ring (bicyclic) bond motifs is 1. The van der Waals surface area contributed by atoms with Gasteiger partial charge in [-0.25, -0.2) is 0 Å². The van der Waals surface area contributed by atoms with Gasteiger partial charge in [0.2, 0.25) is 0 Å². The van der Waals surface area contributed by atoms with Crippen molar-refractivity contribution in [1.82, 2.24) is 10.3 Å². The van der Waals surface area contributed by atoms with Crippen LogP contribution in [0.4, 0.5) is 0 Å². The molecular weight excluding hydrogens is 238 g/mol. The quantitative estimate of drug-likeness (QED) is 0.788. The monoisotopic (exact) mass is 259 g/mol. The maximum atomic E-state index is 12.3. The fourth-order valence-electron chi connectivity index (χ4n) is 1.96. The maximum absolute atomic E-state index is 12.3. The van der Waals surface area contributed by atoms with E-state index in [-0.39, 0.29) is 17.4 Å². The number of aromatic nitrogens is 1. The zero-order valence-corrected chi connectivity index (χ0v) is 11.7. The topological polar surface area (TPSA) is 70.9 Å². The molecule has 1 amide bonds. The van der Waals surface area contributed by atoms with Crippen LogP contribution in [0.5, 0.6) is 0 Å². The van der Waals surface area contributed by atoms with Gasteiger partial charge in [0.1, 0.15) is 0 Å². The van der Waals surface area contributed by atoms with Crippen LogP contribution in [-0.4, -0.2) is 23.0 Å². The van der Waals surface area contributed by atoms with E-state index in [9.17, 15) is 4.79 Å². The van der Waals surface area contributed by atoms with Crippen molar-refractivity contribution in [3.8, 4) is 0 Å². The first-order valence-corrected chi connectivity index (χ1v) is 6.56. The summed E-state index contributed by atoms with van der Waals surface area (Å²) < 4.78 is 0. The molecule has 0 aliphatic rings. The van der Waals surface area contributed by atoms with E-state index in [2.05, 4.69) is 24.1 Å². The summed E-state index contributed by atoms with van der Waals surface area (Å²) in [5, 5.41) is 4.08. The third kappa shape index (κ3) is 2.63. The molecule has 0 bridgehead atoms. The van der Waals surface area contributed by atoms with E-state index in [4.69, 9.17) is 5.73 Å². The van der Waals surface area contributed by atoms with E-state index in [1.165, 1.54) is 0 Å². The van der Waals surface area contributed by atoms with Gasteiger partial charge in [0.25, 0.3) is 5.91 Å². The van der Waals surface area contributed by atoms with Gasteiger partial charge in [-0.1, -0.05) is 13.8 Å². The summed E-state index contributed by atoms with van der Waals surface area (Å²) in [6.45, 7) is 6.51. The predicted octanol–water partition coefficient (Wildman–Crippen LogP) is 2.27. The lowest BCUT2D eigenvalue weighted by Gasteiger charge is -2.33. The summed E-state index contributed by atoms with van der Waals surface area (Å²) in [5.41, 5.74) is 7.09. The predicted molar refractivity (Wildman–Crippen MR) is 78.1 cm³/mol. The van der Waals surface area contributed by atoms with Crippen LogP contribution >= 0.6 is 0 Å². The zero-order chi connectivity index (χ0) is 14.0. The number of nitrogens with two attached hydrogens (primary N) is 1. The first-order valence-electron chi connectivity index (χ1n) is 6.56. The fraction of sp³-hybridized carbons (Fsp3) is 0.400. The molecule has 0 saturated heterocycles. The molecule has 1 heterocycles. The molecule has 4 N–H and O–H groups in total. The number of aromatic amines is 1. The molecule has 0 aliphatic heterocycles. The number of carbonyl (C=O) groups excluding carboxylic acids is 1. The second-order valence-corrected chi connectivity index (χ2v) is 5.51. The Hall–Kier alpha value is -1.81. The van der Waals surface area contributed by atoms with Crippen molar-refractivity contribution in [1.29, 1.82) is 0 Å². The van der Waals surface area contributed by atoms with Gasteiger partial charge in [0.05, 0.1) is 5.54 Å². The molecule has 1 aromatic heterocycles. The molecule has 0 aliphatic carbocycles. The molecule has 4 heteroatoms. The minimum absolute atomic E-state index is 0.0789. The van der Waals surface area contributed by atoms with Crippen LogP contribution in [0.2, 0.25) is 0 Å². The Bertz CT molecular complexity index is 588. The summed E-state index contributed by atoms with van der Waals surface area (Å²) in [5.74, 6) is 0.196. The third-order valence-electron chi connectivity index (χ3n) is 3.91. The number of amides is 1.